The van der Waals surface area contributed by atoms with Gasteiger partial charge in [-0.15, -0.1) is 0 Å². The van der Waals surface area contributed by atoms with E-state index >= 15 is 0 Å². The van der Waals surface area contributed by atoms with Crippen LogP contribution >= 0.6 is 11.6 Å². The number of carbonyl (C=O) groups is 1. The highest BCUT2D eigenvalue weighted by Crippen LogP contribution is 2.30. The van der Waals surface area contributed by atoms with Crippen molar-refractivity contribution < 1.29 is 36.2 Å². The van der Waals surface area contributed by atoms with Crippen LogP contribution in [0.1, 0.15) is 16.7 Å². The Morgan fingerprint density at radius 3 is 1.54 bits per heavy atom. The van der Waals surface area contributed by atoms with Gasteiger partial charge in [-0.25, -0.2) is 4.79 Å². The van der Waals surface area contributed by atoms with Crippen molar-refractivity contribution in [3.8, 4) is 0 Å². The van der Waals surface area contributed by atoms with E-state index in [1.54, 1.807) is 0 Å². The third kappa shape index (κ3) is 7.60. The van der Waals surface area contributed by atoms with Gasteiger partial charge in [-0.2, -0.15) is 26.3 Å². The second kappa shape index (κ2) is 8.75. The monoisotopic (exact) mass is 396 g/mol. The molecule has 0 aliphatic rings. The van der Waals surface area contributed by atoms with E-state index in [1.165, 1.54) is 30.3 Å². The quantitative estimate of drug-likeness (QED) is 0.487. The number of alkyl halides is 6. The van der Waals surface area contributed by atoms with Crippen molar-refractivity contribution in [1.29, 1.82) is 0 Å². The Balaban J connectivity index is 0.000000273. The normalized spacial score (nSPS) is 11.8. The molecule has 0 amide bonds. The van der Waals surface area contributed by atoms with Gasteiger partial charge in [0.25, 0.3) is 0 Å². The van der Waals surface area contributed by atoms with Crippen LogP contribution in [0.4, 0.5) is 26.3 Å². The molecule has 0 saturated heterocycles. The predicted molar refractivity (Wildman–Crippen MR) is 84.6 cm³/mol. The summed E-state index contributed by atoms with van der Waals surface area (Å²) in [4.78, 5) is 10.1. The van der Waals surface area contributed by atoms with Gasteiger partial charge in [0.2, 0.25) is 0 Å². The van der Waals surface area contributed by atoms with Crippen LogP contribution in [0.5, 0.6) is 0 Å². The maximum absolute atomic E-state index is 12.1. The van der Waals surface area contributed by atoms with Gasteiger partial charge < -0.3 is 5.11 Å². The Morgan fingerprint density at radius 2 is 1.19 bits per heavy atom. The highest BCUT2D eigenvalue weighted by atomic mass is 35.5. The molecule has 0 spiro atoms. The molecular weight excluding hydrogens is 386 g/mol. The fourth-order valence-electron chi connectivity index (χ4n) is 1.59. The second-order valence-electron chi connectivity index (χ2n) is 4.80. The van der Waals surface area contributed by atoms with Crippen molar-refractivity contribution in [3.05, 3.63) is 76.3 Å². The number of benzene rings is 2. The number of halogens is 7. The van der Waals surface area contributed by atoms with E-state index in [0.717, 1.165) is 30.3 Å². The lowest BCUT2D eigenvalue weighted by Gasteiger charge is -2.05. The number of hydrogen-bond donors (Lipinski definition) is 1. The van der Waals surface area contributed by atoms with Gasteiger partial charge in [-0.05, 0) is 48.0 Å². The number of carboxylic acids is 1. The van der Waals surface area contributed by atoms with Gasteiger partial charge in [0.15, 0.2) is 0 Å². The standard InChI is InChI=1S/C10H7F3O2.C7H4ClF3/c11-10(12,13)8-4-1-7(2-5-8)3-6-9(14)15;8-6-3-1-5(2-4-6)7(9,10)11/h1-6H,(H,14,15);1-4H/b6-3+;. The van der Waals surface area contributed by atoms with E-state index in [2.05, 4.69) is 0 Å². The molecule has 0 aliphatic carbocycles. The predicted octanol–water partition coefficient (Wildman–Crippen LogP) is 6.16. The SMILES string of the molecule is FC(F)(F)c1ccc(Cl)cc1.O=C(O)/C=C/c1ccc(C(F)(F)F)cc1. The Bertz CT molecular complexity index is 747. The summed E-state index contributed by atoms with van der Waals surface area (Å²) in [6.07, 6.45) is -6.55. The van der Waals surface area contributed by atoms with Crippen LogP contribution in [-0.2, 0) is 17.1 Å². The van der Waals surface area contributed by atoms with Crippen LogP contribution in [0, 0.1) is 0 Å². The number of carboxylic acid groups (broad SMARTS) is 1. The molecule has 0 unspecified atom stereocenters. The molecular formula is C17H11ClF6O2. The lowest BCUT2D eigenvalue weighted by Crippen LogP contribution is -2.03. The Hall–Kier alpha value is -2.48. The summed E-state index contributed by atoms with van der Waals surface area (Å²) in [5, 5.41) is 8.60. The molecule has 2 rings (SSSR count). The highest BCUT2D eigenvalue weighted by molar-refractivity contribution is 6.30. The summed E-state index contributed by atoms with van der Waals surface area (Å²) in [5.74, 6) is -1.14. The summed E-state index contributed by atoms with van der Waals surface area (Å²) in [7, 11) is 0. The average Bonchev–Trinajstić information content (AvgIpc) is 2.52. The van der Waals surface area contributed by atoms with Crippen molar-refractivity contribution in [2.45, 2.75) is 12.4 Å². The van der Waals surface area contributed by atoms with Crippen LogP contribution in [0.2, 0.25) is 5.02 Å². The van der Waals surface area contributed by atoms with Gasteiger partial charge in [-0.3, -0.25) is 0 Å². The molecule has 0 aromatic heterocycles. The summed E-state index contributed by atoms with van der Waals surface area (Å²) >= 11 is 5.39. The number of hydrogen-bond acceptors (Lipinski definition) is 1. The average molecular weight is 397 g/mol. The molecule has 1 N–H and O–H groups in total. The van der Waals surface area contributed by atoms with Gasteiger partial charge in [0.1, 0.15) is 0 Å². The minimum absolute atomic E-state index is 0.304. The highest BCUT2D eigenvalue weighted by Gasteiger charge is 2.30. The molecule has 0 saturated carbocycles. The van der Waals surface area contributed by atoms with Crippen LogP contribution in [-0.4, -0.2) is 11.1 Å². The maximum Gasteiger partial charge on any atom is 0.416 e. The zero-order valence-electron chi connectivity index (χ0n) is 12.8. The number of rotatable bonds is 2. The van der Waals surface area contributed by atoms with Crippen LogP contribution in [0.25, 0.3) is 6.08 Å². The van der Waals surface area contributed by atoms with E-state index in [9.17, 15) is 31.1 Å². The minimum Gasteiger partial charge on any atom is -0.478 e. The first kappa shape index (κ1) is 21.6. The first-order valence-corrected chi connectivity index (χ1v) is 7.18. The van der Waals surface area contributed by atoms with Crippen molar-refractivity contribution in [3.63, 3.8) is 0 Å². The summed E-state index contributed by atoms with van der Waals surface area (Å²) in [6, 6.07) is 8.55. The maximum atomic E-state index is 12.1. The molecule has 2 nitrogen and oxygen atoms in total. The molecule has 0 aliphatic heterocycles. The topological polar surface area (TPSA) is 37.3 Å². The Morgan fingerprint density at radius 1 is 0.808 bits per heavy atom. The van der Waals surface area contributed by atoms with Crippen molar-refractivity contribution in [1.82, 2.24) is 0 Å². The molecule has 0 fully saturated rings. The lowest BCUT2D eigenvalue weighted by atomic mass is 10.1. The Labute approximate surface area is 149 Å². The minimum atomic E-state index is -4.37. The smallest absolute Gasteiger partial charge is 0.416 e. The van der Waals surface area contributed by atoms with Crippen LogP contribution < -0.4 is 0 Å². The fourth-order valence-corrected chi connectivity index (χ4v) is 1.72. The zero-order valence-corrected chi connectivity index (χ0v) is 13.5. The molecule has 2 aromatic rings. The molecule has 140 valence electrons. The lowest BCUT2D eigenvalue weighted by molar-refractivity contribution is -0.138. The summed E-state index contributed by atoms with van der Waals surface area (Å²) in [5.41, 5.74) is -1.03. The molecule has 0 bridgehead atoms. The first-order chi connectivity index (χ1) is 11.9. The van der Waals surface area contributed by atoms with Crippen molar-refractivity contribution in [2.75, 3.05) is 0 Å². The zero-order chi connectivity index (χ0) is 20.0. The molecule has 2 aromatic carbocycles. The van der Waals surface area contributed by atoms with Gasteiger partial charge in [0.05, 0.1) is 11.1 Å². The van der Waals surface area contributed by atoms with Gasteiger partial charge in [0, 0.05) is 11.1 Å². The third-order valence-corrected chi connectivity index (χ3v) is 3.08. The van der Waals surface area contributed by atoms with Crippen LogP contribution in [0.3, 0.4) is 0 Å². The van der Waals surface area contributed by atoms with Crippen molar-refractivity contribution in [2.24, 2.45) is 0 Å². The summed E-state index contributed by atoms with van der Waals surface area (Å²) < 4.78 is 72.0. The van der Waals surface area contributed by atoms with E-state index in [4.69, 9.17) is 16.7 Å². The largest absolute Gasteiger partial charge is 0.478 e. The van der Waals surface area contributed by atoms with Crippen molar-refractivity contribution >= 4 is 23.6 Å². The molecule has 0 atom stereocenters. The van der Waals surface area contributed by atoms with Gasteiger partial charge >= 0.3 is 18.3 Å². The van der Waals surface area contributed by atoms with E-state index in [1.807, 2.05) is 0 Å². The van der Waals surface area contributed by atoms with E-state index in [0.29, 0.717) is 10.6 Å². The van der Waals surface area contributed by atoms with Crippen LogP contribution in [0.15, 0.2) is 54.6 Å². The molecule has 0 radical (unpaired) electrons. The molecule has 0 heterocycles. The van der Waals surface area contributed by atoms with Gasteiger partial charge in [-0.1, -0.05) is 23.7 Å². The first-order valence-electron chi connectivity index (χ1n) is 6.80. The molecule has 26 heavy (non-hydrogen) atoms. The fraction of sp³-hybridized carbons (Fsp3) is 0.118. The summed E-state index contributed by atoms with van der Waals surface area (Å²) in [6.45, 7) is 0. The Kier molecular flexibility index (Phi) is 7.26. The van der Waals surface area contributed by atoms with E-state index < -0.39 is 29.4 Å². The third-order valence-electron chi connectivity index (χ3n) is 2.83. The van der Waals surface area contributed by atoms with E-state index in [-0.39, 0.29) is 0 Å². The molecule has 9 heteroatoms. The number of aliphatic carboxylic acids is 1. The second-order valence-corrected chi connectivity index (χ2v) is 5.23.